The number of ether oxygens (including phenoxy) is 2. The fourth-order valence-electron chi connectivity index (χ4n) is 4.27. The number of rotatable bonds is 18. The third kappa shape index (κ3) is 11.9. The van der Waals surface area contributed by atoms with Gasteiger partial charge in [-0.15, -0.1) is 0 Å². The lowest BCUT2D eigenvalue weighted by Gasteiger charge is -2.13. The first kappa shape index (κ1) is 29.6. The number of carbonyl (C=O) groups excluding carboxylic acids is 2. The number of hydrogen-bond acceptors (Lipinski definition) is 4. The molecule has 0 bridgehead atoms. The molecule has 0 spiro atoms. The first-order chi connectivity index (χ1) is 17.5. The fourth-order valence-corrected chi connectivity index (χ4v) is 4.27. The molecule has 2 aromatic rings. The molecule has 198 valence electrons. The summed E-state index contributed by atoms with van der Waals surface area (Å²) < 4.78 is 11.1. The van der Waals surface area contributed by atoms with E-state index in [0.717, 1.165) is 36.8 Å². The van der Waals surface area contributed by atoms with Gasteiger partial charge in [0, 0.05) is 6.42 Å². The van der Waals surface area contributed by atoms with Crippen LogP contribution in [-0.2, 0) is 9.53 Å². The fraction of sp³-hybridized carbons (Fsp3) is 0.562. The minimum Gasteiger partial charge on any atom is -0.459 e. The van der Waals surface area contributed by atoms with Gasteiger partial charge in [-0.25, -0.2) is 4.79 Å². The lowest BCUT2D eigenvalue weighted by Crippen LogP contribution is -2.15. The van der Waals surface area contributed by atoms with Crippen LogP contribution in [0.5, 0.6) is 5.75 Å². The van der Waals surface area contributed by atoms with E-state index in [1.165, 1.54) is 57.8 Å². The van der Waals surface area contributed by atoms with Gasteiger partial charge in [-0.05, 0) is 61.6 Å². The molecule has 4 nitrogen and oxygen atoms in total. The molecule has 0 aromatic heterocycles. The molecule has 1 unspecified atom stereocenters. The Hall–Kier alpha value is -2.62. The van der Waals surface area contributed by atoms with Crippen LogP contribution in [0.1, 0.15) is 121 Å². The van der Waals surface area contributed by atoms with Crippen LogP contribution in [0.25, 0.3) is 11.1 Å². The van der Waals surface area contributed by atoms with Gasteiger partial charge in [-0.3, -0.25) is 4.79 Å². The molecule has 2 rings (SSSR count). The molecular weight excluding hydrogens is 448 g/mol. The zero-order chi connectivity index (χ0) is 26.0. The number of hydrogen-bond donors (Lipinski definition) is 0. The molecule has 0 aliphatic rings. The van der Waals surface area contributed by atoms with Crippen LogP contribution in [-0.4, -0.2) is 18.0 Å². The Morgan fingerprint density at radius 2 is 1.17 bits per heavy atom. The summed E-state index contributed by atoms with van der Waals surface area (Å²) in [5.74, 6) is 0.121. The van der Waals surface area contributed by atoms with Gasteiger partial charge in [0.1, 0.15) is 5.75 Å². The first-order valence-corrected chi connectivity index (χ1v) is 14.2. The predicted molar refractivity (Wildman–Crippen MR) is 148 cm³/mol. The Labute approximate surface area is 218 Å². The van der Waals surface area contributed by atoms with Crippen molar-refractivity contribution in [3.63, 3.8) is 0 Å². The summed E-state index contributed by atoms with van der Waals surface area (Å²) in [4.78, 5) is 24.6. The highest BCUT2D eigenvalue weighted by molar-refractivity contribution is 5.90. The third-order valence-electron chi connectivity index (χ3n) is 6.55. The maximum absolute atomic E-state index is 12.4. The molecular formula is C32H46O4. The molecule has 0 saturated heterocycles. The molecule has 0 saturated carbocycles. The van der Waals surface area contributed by atoms with Crippen LogP contribution < -0.4 is 4.74 Å². The van der Waals surface area contributed by atoms with Crippen LogP contribution in [0.3, 0.4) is 0 Å². The van der Waals surface area contributed by atoms with E-state index in [1.807, 2.05) is 43.3 Å². The number of benzene rings is 2. The van der Waals surface area contributed by atoms with Crippen molar-refractivity contribution in [2.24, 2.45) is 0 Å². The number of carbonyl (C=O) groups is 2. The largest absolute Gasteiger partial charge is 0.459 e. The molecule has 0 aliphatic heterocycles. The SMILES string of the molecule is CCCCCCCCCCC(=O)Oc1ccc(-c2ccc(C(=O)OC(C)CCCCCC)cc2)cc1. The lowest BCUT2D eigenvalue weighted by atomic mass is 10.0. The average molecular weight is 495 g/mol. The summed E-state index contributed by atoms with van der Waals surface area (Å²) in [5, 5.41) is 0. The third-order valence-corrected chi connectivity index (χ3v) is 6.55. The average Bonchev–Trinajstić information content (AvgIpc) is 2.89. The van der Waals surface area contributed by atoms with E-state index >= 15 is 0 Å². The first-order valence-electron chi connectivity index (χ1n) is 14.2. The Morgan fingerprint density at radius 1 is 0.667 bits per heavy atom. The van der Waals surface area contributed by atoms with E-state index in [4.69, 9.17) is 9.47 Å². The molecule has 0 heterocycles. The normalized spacial score (nSPS) is 11.8. The van der Waals surface area contributed by atoms with Gasteiger partial charge in [0.2, 0.25) is 0 Å². The highest BCUT2D eigenvalue weighted by Gasteiger charge is 2.12. The molecule has 1 atom stereocenters. The zero-order valence-corrected chi connectivity index (χ0v) is 22.7. The van der Waals surface area contributed by atoms with Gasteiger partial charge in [0.25, 0.3) is 0 Å². The van der Waals surface area contributed by atoms with Crippen molar-refractivity contribution in [2.45, 2.75) is 117 Å². The van der Waals surface area contributed by atoms with E-state index in [2.05, 4.69) is 13.8 Å². The lowest BCUT2D eigenvalue weighted by molar-refractivity contribution is -0.134. The molecule has 0 N–H and O–H groups in total. The van der Waals surface area contributed by atoms with Crippen molar-refractivity contribution < 1.29 is 19.1 Å². The molecule has 2 aromatic carbocycles. The molecule has 36 heavy (non-hydrogen) atoms. The van der Waals surface area contributed by atoms with Gasteiger partial charge >= 0.3 is 11.9 Å². The van der Waals surface area contributed by atoms with Crippen molar-refractivity contribution >= 4 is 11.9 Å². The van der Waals surface area contributed by atoms with Crippen molar-refractivity contribution in [3.05, 3.63) is 54.1 Å². The van der Waals surface area contributed by atoms with Crippen LogP contribution in [0, 0.1) is 0 Å². The highest BCUT2D eigenvalue weighted by Crippen LogP contribution is 2.24. The molecule has 4 heteroatoms. The summed E-state index contributed by atoms with van der Waals surface area (Å²) in [5.41, 5.74) is 2.56. The van der Waals surface area contributed by atoms with Crippen LogP contribution in [0.2, 0.25) is 0 Å². The smallest absolute Gasteiger partial charge is 0.338 e. The molecule has 0 radical (unpaired) electrons. The van der Waals surface area contributed by atoms with Crippen LogP contribution in [0.4, 0.5) is 0 Å². The van der Waals surface area contributed by atoms with Gasteiger partial charge in [-0.2, -0.15) is 0 Å². The maximum atomic E-state index is 12.4. The topological polar surface area (TPSA) is 52.6 Å². The van der Waals surface area contributed by atoms with E-state index in [1.54, 1.807) is 12.1 Å². The van der Waals surface area contributed by atoms with Gasteiger partial charge in [-0.1, -0.05) is 102 Å². The second-order valence-corrected chi connectivity index (χ2v) is 9.87. The Morgan fingerprint density at radius 3 is 1.75 bits per heavy atom. The maximum Gasteiger partial charge on any atom is 0.338 e. The molecule has 0 fully saturated rings. The summed E-state index contributed by atoms with van der Waals surface area (Å²) in [7, 11) is 0. The van der Waals surface area contributed by atoms with Gasteiger partial charge in [0.15, 0.2) is 0 Å². The highest BCUT2D eigenvalue weighted by atomic mass is 16.5. The zero-order valence-electron chi connectivity index (χ0n) is 22.7. The van der Waals surface area contributed by atoms with Crippen molar-refractivity contribution in [1.29, 1.82) is 0 Å². The van der Waals surface area contributed by atoms with Crippen molar-refractivity contribution in [2.75, 3.05) is 0 Å². The summed E-state index contributed by atoms with van der Waals surface area (Å²) in [6, 6.07) is 15.0. The minimum atomic E-state index is -0.275. The van der Waals surface area contributed by atoms with E-state index in [9.17, 15) is 9.59 Å². The van der Waals surface area contributed by atoms with Gasteiger partial charge < -0.3 is 9.47 Å². The Bertz CT molecular complexity index is 870. The quantitative estimate of drug-likeness (QED) is 0.118. The van der Waals surface area contributed by atoms with E-state index < -0.39 is 0 Å². The second-order valence-electron chi connectivity index (χ2n) is 9.87. The molecule has 0 amide bonds. The Kier molecular flexibility index (Phi) is 14.6. The van der Waals surface area contributed by atoms with Crippen LogP contribution >= 0.6 is 0 Å². The van der Waals surface area contributed by atoms with E-state index in [-0.39, 0.29) is 18.0 Å². The van der Waals surface area contributed by atoms with Gasteiger partial charge in [0.05, 0.1) is 11.7 Å². The molecule has 0 aliphatic carbocycles. The predicted octanol–water partition coefficient (Wildman–Crippen LogP) is 9.31. The standard InChI is InChI=1S/C32H46O4/c1-4-6-8-10-11-12-13-15-17-31(33)36-30-24-22-28(23-25-30)27-18-20-29(21-19-27)32(34)35-26(3)16-14-9-7-5-2/h18-26H,4-17H2,1-3H3. The second kappa shape index (κ2) is 17.8. The number of unbranched alkanes of at least 4 members (excludes halogenated alkanes) is 10. The van der Waals surface area contributed by atoms with Crippen LogP contribution in [0.15, 0.2) is 48.5 Å². The summed E-state index contributed by atoms with van der Waals surface area (Å²) in [6.07, 6.45) is 15.6. The summed E-state index contributed by atoms with van der Waals surface area (Å²) in [6.45, 7) is 6.38. The monoisotopic (exact) mass is 494 g/mol. The Balaban J connectivity index is 1.73. The van der Waals surface area contributed by atoms with Crippen molar-refractivity contribution in [3.8, 4) is 16.9 Å². The number of esters is 2. The minimum absolute atomic E-state index is 0.0696. The summed E-state index contributed by atoms with van der Waals surface area (Å²) >= 11 is 0. The van der Waals surface area contributed by atoms with E-state index in [0.29, 0.717) is 17.7 Å². The van der Waals surface area contributed by atoms with Crippen molar-refractivity contribution in [1.82, 2.24) is 0 Å².